The first-order chi connectivity index (χ1) is 16.3. The number of rotatable bonds is 13. The van der Waals surface area contributed by atoms with Gasteiger partial charge in [-0.2, -0.15) is 0 Å². The summed E-state index contributed by atoms with van der Waals surface area (Å²) >= 11 is 0. The van der Waals surface area contributed by atoms with Crippen molar-refractivity contribution in [1.82, 2.24) is 0 Å². The number of carbonyl (C=O) groups is 2. The number of aliphatic carboxylic acids is 1. The highest BCUT2D eigenvalue weighted by atomic mass is 16.5. The molecule has 1 saturated carbocycles. The molecule has 2 N–H and O–H groups in total. The molecule has 6 nitrogen and oxygen atoms in total. The standard InChI is InChI=1S/C28H42O6/c1-4-6-7-10-21(29)12-13-22-23-14-19-9-8-11-25(33-17-27(30)31)24(19)15-20(23)16-26(22)34-28(32)18(3)5-2/h8-9,11,18,20-23,26,29H,4-7,10,12-17H2,1-3H3,(H,30,31)/t18-,20-,21-,22+,23-,26+/m0/s1. The van der Waals surface area contributed by atoms with Crippen LogP contribution in [0.3, 0.4) is 0 Å². The number of benzene rings is 1. The quantitative estimate of drug-likeness (QED) is 0.302. The molecule has 0 unspecified atom stereocenters. The first kappa shape index (κ1) is 26.5. The van der Waals surface area contributed by atoms with Crippen LogP contribution in [0.4, 0.5) is 0 Å². The van der Waals surface area contributed by atoms with Gasteiger partial charge in [-0.25, -0.2) is 4.79 Å². The predicted molar refractivity (Wildman–Crippen MR) is 131 cm³/mol. The van der Waals surface area contributed by atoms with E-state index in [4.69, 9.17) is 14.6 Å². The van der Waals surface area contributed by atoms with Crippen LogP contribution >= 0.6 is 0 Å². The Bertz CT molecular complexity index is 821. The van der Waals surface area contributed by atoms with Crippen molar-refractivity contribution in [2.75, 3.05) is 6.61 Å². The van der Waals surface area contributed by atoms with Gasteiger partial charge in [-0.15, -0.1) is 0 Å². The maximum atomic E-state index is 12.7. The fourth-order valence-electron chi connectivity index (χ4n) is 5.78. The number of unbranched alkanes of at least 4 members (excludes halogenated alkanes) is 2. The van der Waals surface area contributed by atoms with Crippen molar-refractivity contribution in [2.24, 2.45) is 23.7 Å². The number of aliphatic hydroxyl groups is 1. The monoisotopic (exact) mass is 474 g/mol. The van der Waals surface area contributed by atoms with Crippen LogP contribution in [-0.4, -0.2) is 41.0 Å². The Labute approximate surface area is 204 Å². The molecule has 6 atom stereocenters. The molecule has 34 heavy (non-hydrogen) atoms. The van der Waals surface area contributed by atoms with Crippen LogP contribution in [0, 0.1) is 23.7 Å². The minimum absolute atomic E-state index is 0.115. The third-order valence-electron chi connectivity index (χ3n) is 7.93. The van der Waals surface area contributed by atoms with Gasteiger partial charge in [0.15, 0.2) is 6.61 Å². The minimum atomic E-state index is -0.985. The Kier molecular flexibility index (Phi) is 9.81. The third kappa shape index (κ3) is 6.74. The average molecular weight is 475 g/mol. The van der Waals surface area contributed by atoms with Gasteiger partial charge in [0.1, 0.15) is 11.9 Å². The molecule has 0 spiro atoms. The normalized spacial score (nSPS) is 25.2. The summed E-state index contributed by atoms with van der Waals surface area (Å²) in [6, 6.07) is 5.88. The largest absolute Gasteiger partial charge is 0.482 e. The zero-order valence-corrected chi connectivity index (χ0v) is 21.0. The highest BCUT2D eigenvalue weighted by molar-refractivity contribution is 5.72. The van der Waals surface area contributed by atoms with Crippen LogP contribution in [0.2, 0.25) is 0 Å². The van der Waals surface area contributed by atoms with E-state index in [1.54, 1.807) is 0 Å². The molecule has 0 bridgehead atoms. The Morgan fingerprint density at radius 2 is 1.94 bits per heavy atom. The van der Waals surface area contributed by atoms with Crippen LogP contribution in [0.15, 0.2) is 18.2 Å². The highest BCUT2D eigenvalue weighted by Crippen LogP contribution is 2.49. The summed E-state index contributed by atoms with van der Waals surface area (Å²) in [5, 5.41) is 19.6. The van der Waals surface area contributed by atoms with Crippen molar-refractivity contribution in [2.45, 2.75) is 97.2 Å². The smallest absolute Gasteiger partial charge is 0.341 e. The summed E-state index contributed by atoms with van der Waals surface area (Å²) < 4.78 is 11.7. The summed E-state index contributed by atoms with van der Waals surface area (Å²) in [5.41, 5.74) is 2.30. The van der Waals surface area contributed by atoms with Gasteiger partial charge in [0.2, 0.25) is 0 Å². The Morgan fingerprint density at radius 1 is 1.15 bits per heavy atom. The molecular formula is C28H42O6. The van der Waals surface area contributed by atoms with Crippen LogP contribution in [0.25, 0.3) is 0 Å². The molecule has 0 heterocycles. The van der Waals surface area contributed by atoms with Gasteiger partial charge in [0, 0.05) is 0 Å². The van der Waals surface area contributed by atoms with Gasteiger partial charge >= 0.3 is 11.9 Å². The molecule has 1 aromatic carbocycles. The fraction of sp³-hybridized carbons (Fsp3) is 0.714. The van der Waals surface area contributed by atoms with Crippen LogP contribution in [0.1, 0.15) is 83.3 Å². The SMILES string of the molecule is CCCCC[C@H](O)CC[C@@H]1[C@H]2Cc3cccc(OCC(=O)O)c3C[C@H]2C[C@H]1OC(=O)[C@@H](C)CC. The molecule has 0 aromatic heterocycles. The molecule has 6 heteroatoms. The highest BCUT2D eigenvalue weighted by Gasteiger charge is 2.47. The molecule has 2 aliphatic carbocycles. The molecule has 3 rings (SSSR count). The van der Waals surface area contributed by atoms with E-state index in [9.17, 15) is 14.7 Å². The molecule has 0 aliphatic heterocycles. The zero-order valence-electron chi connectivity index (χ0n) is 21.0. The van der Waals surface area contributed by atoms with E-state index in [0.717, 1.165) is 69.8 Å². The topological polar surface area (TPSA) is 93.1 Å². The van der Waals surface area contributed by atoms with Gasteiger partial charge in [-0.05, 0) is 79.9 Å². The number of hydrogen-bond donors (Lipinski definition) is 2. The number of carboxylic acids is 1. The van der Waals surface area contributed by atoms with Gasteiger partial charge in [-0.3, -0.25) is 4.79 Å². The summed E-state index contributed by atoms with van der Waals surface area (Å²) in [6.45, 7) is 5.73. The van der Waals surface area contributed by atoms with Crippen molar-refractivity contribution in [3.8, 4) is 5.75 Å². The van der Waals surface area contributed by atoms with Crippen molar-refractivity contribution < 1.29 is 29.3 Å². The lowest BCUT2D eigenvalue weighted by Crippen LogP contribution is -2.30. The van der Waals surface area contributed by atoms with E-state index >= 15 is 0 Å². The van der Waals surface area contributed by atoms with Crippen molar-refractivity contribution in [3.05, 3.63) is 29.3 Å². The van der Waals surface area contributed by atoms with Gasteiger partial charge in [-0.1, -0.05) is 52.2 Å². The Hall–Kier alpha value is -2.08. The maximum Gasteiger partial charge on any atom is 0.341 e. The Balaban J connectivity index is 1.74. The van der Waals surface area contributed by atoms with E-state index in [1.165, 1.54) is 5.56 Å². The lowest BCUT2D eigenvalue weighted by atomic mass is 9.73. The van der Waals surface area contributed by atoms with Crippen molar-refractivity contribution in [1.29, 1.82) is 0 Å². The van der Waals surface area contributed by atoms with Gasteiger partial charge < -0.3 is 19.7 Å². The molecule has 0 radical (unpaired) electrons. The number of carboxylic acid groups (broad SMARTS) is 1. The maximum absolute atomic E-state index is 12.7. The number of fused-ring (bicyclic) bond motifs is 2. The van der Waals surface area contributed by atoms with E-state index in [-0.39, 0.29) is 36.6 Å². The van der Waals surface area contributed by atoms with Crippen molar-refractivity contribution >= 4 is 11.9 Å². The summed E-state index contributed by atoms with van der Waals surface area (Å²) in [6.07, 6.45) is 8.59. The molecular weight excluding hydrogens is 432 g/mol. The molecule has 190 valence electrons. The average Bonchev–Trinajstić information content (AvgIpc) is 3.15. The predicted octanol–water partition coefficient (Wildman–Crippen LogP) is 5.18. The van der Waals surface area contributed by atoms with E-state index < -0.39 is 5.97 Å². The molecule has 1 aromatic rings. The van der Waals surface area contributed by atoms with Crippen molar-refractivity contribution in [3.63, 3.8) is 0 Å². The molecule has 2 aliphatic rings. The van der Waals surface area contributed by atoms with Gasteiger partial charge in [0.05, 0.1) is 12.0 Å². The van der Waals surface area contributed by atoms with Crippen LogP contribution < -0.4 is 4.74 Å². The number of hydrogen-bond acceptors (Lipinski definition) is 5. The second-order valence-corrected chi connectivity index (χ2v) is 10.3. The van der Waals surface area contributed by atoms with E-state index in [1.807, 2.05) is 26.0 Å². The second-order valence-electron chi connectivity index (χ2n) is 10.3. The minimum Gasteiger partial charge on any atom is -0.482 e. The van der Waals surface area contributed by atoms with Crippen LogP contribution in [0.5, 0.6) is 5.75 Å². The summed E-state index contributed by atoms with van der Waals surface area (Å²) in [7, 11) is 0. The summed E-state index contributed by atoms with van der Waals surface area (Å²) in [4.78, 5) is 23.7. The molecule has 0 amide bonds. The molecule has 0 saturated heterocycles. The lowest BCUT2D eigenvalue weighted by Gasteiger charge is -2.33. The molecule has 1 fully saturated rings. The second kappa shape index (κ2) is 12.6. The number of ether oxygens (including phenoxy) is 2. The number of aliphatic hydroxyl groups excluding tert-OH is 1. The number of carbonyl (C=O) groups excluding carboxylic acids is 1. The van der Waals surface area contributed by atoms with Crippen LogP contribution in [-0.2, 0) is 27.2 Å². The summed E-state index contributed by atoms with van der Waals surface area (Å²) in [5.74, 6) is 0.413. The Morgan fingerprint density at radius 3 is 2.65 bits per heavy atom. The number of esters is 1. The first-order valence-electron chi connectivity index (χ1n) is 13.2. The fourth-order valence-corrected chi connectivity index (χ4v) is 5.78. The third-order valence-corrected chi connectivity index (χ3v) is 7.93. The van der Waals surface area contributed by atoms with Gasteiger partial charge in [0.25, 0.3) is 0 Å². The first-order valence-corrected chi connectivity index (χ1v) is 13.2. The van der Waals surface area contributed by atoms with E-state index in [2.05, 4.69) is 13.0 Å². The lowest BCUT2D eigenvalue weighted by molar-refractivity contribution is -0.156. The zero-order chi connectivity index (χ0) is 24.7. The van der Waals surface area contributed by atoms with E-state index in [0.29, 0.717) is 17.6 Å².